The van der Waals surface area contributed by atoms with Crippen LogP contribution in [-0.4, -0.2) is 17.5 Å². The van der Waals surface area contributed by atoms with Crippen LogP contribution in [0.3, 0.4) is 0 Å². The highest BCUT2D eigenvalue weighted by molar-refractivity contribution is 6.43. The summed E-state index contributed by atoms with van der Waals surface area (Å²) in [5.41, 5.74) is 10.0. The van der Waals surface area contributed by atoms with Crippen molar-refractivity contribution in [2.75, 3.05) is 11.9 Å². The number of rotatable bonds is 5. The number of benzene rings is 3. The number of hydrogen-bond donors (Lipinski definition) is 5. The summed E-state index contributed by atoms with van der Waals surface area (Å²) in [5, 5.41) is 17.5. The zero-order valence-electron chi connectivity index (χ0n) is 15.5. The lowest BCUT2D eigenvalue weighted by atomic mass is 10.0. The quantitative estimate of drug-likeness (QED) is 0.162. The van der Waals surface area contributed by atoms with Crippen molar-refractivity contribution in [2.24, 2.45) is 5.73 Å². The molecule has 0 spiro atoms. The van der Waals surface area contributed by atoms with Crippen molar-refractivity contribution in [1.29, 1.82) is 5.41 Å². The van der Waals surface area contributed by atoms with Crippen LogP contribution in [0.2, 0.25) is 20.1 Å². The molecule has 0 saturated carbocycles. The maximum atomic E-state index is 7.38. The van der Waals surface area contributed by atoms with Crippen molar-refractivity contribution in [1.82, 2.24) is 10.3 Å². The van der Waals surface area contributed by atoms with Gasteiger partial charge in [-0.05, 0) is 54.4 Å². The first kappa shape index (κ1) is 20.9. The first-order valence-electron chi connectivity index (χ1n) is 9.05. The lowest BCUT2D eigenvalue weighted by Crippen LogP contribution is -2.31. The first-order chi connectivity index (χ1) is 14.3. The van der Waals surface area contributed by atoms with Gasteiger partial charge in [-0.25, -0.2) is 0 Å². The van der Waals surface area contributed by atoms with Crippen molar-refractivity contribution in [2.45, 2.75) is 6.42 Å². The highest BCUT2D eigenvalue weighted by Gasteiger charge is 2.13. The number of fused-ring (bicyclic) bond motifs is 3. The molecule has 1 aromatic heterocycles. The normalized spacial score (nSPS) is 11.2. The minimum absolute atomic E-state index is 0.0634. The summed E-state index contributed by atoms with van der Waals surface area (Å²) in [4.78, 5) is 3.44. The molecule has 0 aliphatic rings. The molecule has 0 radical (unpaired) electrons. The monoisotopic (exact) mass is 479 g/mol. The van der Waals surface area contributed by atoms with E-state index in [9.17, 15) is 0 Å². The molecule has 0 fully saturated rings. The van der Waals surface area contributed by atoms with Crippen LogP contribution in [0, 0.1) is 5.41 Å². The third-order valence-corrected chi connectivity index (χ3v) is 6.21. The van der Waals surface area contributed by atoms with Gasteiger partial charge in [0.1, 0.15) is 0 Å². The zero-order valence-corrected chi connectivity index (χ0v) is 18.6. The summed E-state index contributed by atoms with van der Waals surface area (Å²) >= 11 is 24.7. The fourth-order valence-corrected chi connectivity index (χ4v) is 4.04. The predicted octanol–water partition coefficient (Wildman–Crippen LogP) is 6.70. The molecule has 4 rings (SSSR count). The van der Waals surface area contributed by atoms with Gasteiger partial charge in [-0.2, -0.15) is 0 Å². The second-order valence-corrected chi connectivity index (χ2v) is 8.47. The van der Waals surface area contributed by atoms with Gasteiger partial charge in [0.15, 0.2) is 5.96 Å². The van der Waals surface area contributed by atoms with Crippen LogP contribution in [0.25, 0.3) is 21.8 Å². The van der Waals surface area contributed by atoms with Gasteiger partial charge in [0, 0.05) is 39.7 Å². The zero-order chi connectivity index (χ0) is 21.4. The fraction of sp³-hybridized carbons (Fsp3) is 0.0952. The van der Waals surface area contributed by atoms with Crippen LogP contribution >= 0.6 is 46.4 Å². The smallest absolute Gasteiger partial charge is 0.185 e. The van der Waals surface area contributed by atoms with Crippen LogP contribution < -0.4 is 16.4 Å². The van der Waals surface area contributed by atoms with Gasteiger partial charge in [-0.15, -0.1) is 0 Å². The van der Waals surface area contributed by atoms with E-state index < -0.39 is 0 Å². The summed E-state index contributed by atoms with van der Waals surface area (Å²) in [6, 6.07) is 13.2. The topological polar surface area (TPSA) is 89.7 Å². The van der Waals surface area contributed by atoms with E-state index in [1.807, 2.05) is 30.3 Å². The molecule has 0 saturated heterocycles. The Morgan fingerprint density at radius 1 is 0.867 bits per heavy atom. The Hall–Kier alpha value is -2.31. The number of aromatic amines is 1. The predicted molar refractivity (Wildman–Crippen MR) is 129 cm³/mol. The van der Waals surface area contributed by atoms with E-state index in [1.54, 1.807) is 12.1 Å². The molecule has 5 nitrogen and oxygen atoms in total. The van der Waals surface area contributed by atoms with Gasteiger partial charge in [0.25, 0.3) is 0 Å². The number of anilines is 2. The molecular formula is C21H17Cl4N5. The van der Waals surface area contributed by atoms with Crippen molar-refractivity contribution < 1.29 is 0 Å². The summed E-state index contributed by atoms with van der Waals surface area (Å²) in [6.45, 7) is 0.525. The third-order valence-electron chi connectivity index (χ3n) is 4.75. The maximum Gasteiger partial charge on any atom is 0.185 e. The average molecular weight is 481 g/mol. The number of nitrogens with two attached hydrogens (primary N) is 1. The van der Waals surface area contributed by atoms with Gasteiger partial charge < -0.3 is 21.4 Å². The molecule has 0 unspecified atom stereocenters. The van der Waals surface area contributed by atoms with Crippen molar-refractivity contribution in [3.63, 3.8) is 0 Å². The summed E-state index contributed by atoms with van der Waals surface area (Å²) in [5.74, 6) is -0.0634. The third kappa shape index (κ3) is 4.25. The number of guanidine groups is 1. The van der Waals surface area contributed by atoms with Crippen LogP contribution in [0.15, 0.2) is 42.5 Å². The number of aromatic nitrogens is 1. The Labute approximate surface area is 192 Å². The SMILES string of the molecule is N=C(N)NCCc1cc(Nc2ccc(Cl)c(Cl)c2)cc2c1[nH]c1cc(Cl)c(Cl)cc12. The second kappa shape index (κ2) is 8.44. The largest absolute Gasteiger partial charge is 0.370 e. The molecule has 154 valence electrons. The minimum Gasteiger partial charge on any atom is -0.370 e. The standard InChI is InChI=1S/C21H17Cl4N5/c22-15-2-1-11(7-16(15)23)29-12-5-10(3-4-28-21(26)27)20-14(6-12)13-8-17(24)18(25)9-19(13)30-20/h1-2,5-9,29-30H,3-4H2,(H4,26,27,28). The van der Waals surface area contributed by atoms with E-state index >= 15 is 0 Å². The number of H-pyrrole nitrogens is 1. The van der Waals surface area contributed by atoms with E-state index in [1.165, 1.54) is 0 Å². The number of nitrogens with one attached hydrogen (secondary N) is 4. The summed E-state index contributed by atoms with van der Waals surface area (Å²) < 4.78 is 0. The molecule has 4 aromatic rings. The molecular weight excluding hydrogens is 464 g/mol. The molecule has 6 N–H and O–H groups in total. The maximum absolute atomic E-state index is 7.38. The molecule has 0 aliphatic carbocycles. The Morgan fingerprint density at radius 3 is 2.33 bits per heavy atom. The van der Waals surface area contributed by atoms with Gasteiger partial charge in [0.2, 0.25) is 0 Å². The first-order valence-corrected chi connectivity index (χ1v) is 10.6. The van der Waals surface area contributed by atoms with Gasteiger partial charge in [-0.1, -0.05) is 46.4 Å². The highest BCUT2D eigenvalue weighted by Crippen LogP contribution is 2.36. The Balaban J connectivity index is 1.82. The van der Waals surface area contributed by atoms with Crippen LogP contribution in [0.5, 0.6) is 0 Å². The van der Waals surface area contributed by atoms with Crippen molar-refractivity contribution >= 4 is 85.5 Å². The van der Waals surface area contributed by atoms with Gasteiger partial charge in [-0.3, -0.25) is 5.41 Å². The molecule has 30 heavy (non-hydrogen) atoms. The Kier molecular flexibility index (Phi) is 5.89. The molecule has 9 heteroatoms. The van der Waals surface area contributed by atoms with E-state index in [0.29, 0.717) is 33.1 Å². The van der Waals surface area contributed by atoms with Crippen LogP contribution in [0.4, 0.5) is 11.4 Å². The Morgan fingerprint density at radius 2 is 1.60 bits per heavy atom. The van der Waals surface area contributed by atoms with Crippen molar-refractivity contribution in [3.8, 4) is 0 Å². The highest BCUT2D eigenvalue weighted by atomic mass is 35.5. The van der Waals surface area contributed by atoms with E-state index in [2.05, 4.69) is 15.6 Å². The van der Waals surface area contributed by atoms with E-state index in [-0.39, 0.29) is 5.96 Å². The molecule has 0 aliphatic heterocycles. The van der Waals surface area contributed by atoms with Crippen LogP contribution in [-0.2, 0) is 6.42 Å². The summed E-state index contributed by atoms with van der Waals surface area (Å²) in [6.07, 6.45) is 0.654. The lowest BCUT2D eigenvalue weighted by molar-refractivity contribution is 0.857. The molecule has 3 aromatic carbocycles. The van der Waals surface area contributed by atoms with Crippen LogP contribution in [0.1, 0.15) is 5.56 Å². The van der Waals surface area contributed by atoms with E-state index in [4.69, 9.17) is 57.5 Å². The molecule has 0 amide bonds. The van der Waals surface area contributed by atoms with E-state index in [0.717, 1.165) is 38.7 Å². The average Bonchev–Trinajstić information content (AvgIpc) is 3.02. The number of hydrogen-bond acceptors (Lipinski definition) is 2. The molecule has 0 bridgehead atoms. The fourth-order valence-electron chi connectivity index (χ4n) is 3.41. The van der Waals surface area contributed by atoms with Gasteiger partial charge in [0.05, 0.1) is 20.1 Å². The molecule has 1 heterocycles. The minimum atomic E-state index is -0.0634. The second-order valence-electron chi connectivity index (χ2n) is 6.84. The van der Waals surface area contributed by atoms with Crippen molar-refractivity contribution in [3.05, 3.63) is 68.1 Å². The summed E-state index contributed by atoms with van der Waals surface area (Å²) in [7, 11) is 0. The van der Waals surface area contributed by atoms with Gasteiger partial charge >= 0.3 is 0 Å². The lowest BCUT2D eigenvalue weighted by Gasteiger charge is -2.12. The molecule has 0 atom stereocenters. The number of halogens is 4. The Bertz CT molecular complexity index is 1280.